The average molecular weight is 246 g/mol. The van der Waals surface area contributed by atoms with Gasteiger partial charge in [0.25, 0.3) is 0 Å². The van der Waals surface area contributed by atoms with Gasteiger partial charge in [0.1, 0.15) is 0 Å². The molecule has 18 heavy (non-hydrogen) atoms. The zero-order chi connectivity index (χ0) is 12.8. The van der Waals surface area contributed by atoms with Crippen LogP contribution in [-0.4, -0.2) is 24.5 Å². The van der Waals surface area contributed by atoms with Crippen LogP contribution in [-0.2, 0) is 13.0 Å². The van der Waals surface area contributed by atoms with Gasteiger partial charge in [-0.25, -0.2) is 0 Å². The minimum Gasteiger partial charge on any atom is -0.330 e. The molecular weight excluding hydrogens is 220 g/mol. The van der Waals surface area contributed by atoms with Gasteiger partial charge >= 0.3 is 0 Å². The van der Waals surface area contributed by atoms with Crippen molar-refractivity contribution in [2.45, 2.75) is 39.2 Å². The largest absolute Gasteiger partial charge is 0.330 e. The van der Waals surface area contributed by atoms with Crippen LogP contribution in [0.1, 0.15) is 37.3 Å². The molecule has 0 unspecified atom stereocenters. The highest BCUT2D eigenvalue weighted by Gasteiger charge is 2.24. The van der Waals surface area contributed by atoms with Crippen LogP contribution in [0.2, 0.25) is 0 Å². The van der Waals surface area contributed by atoms with Crippen molar-refractivity contribution in [3.63, 3.8) is 0 Å². The van der Waals surface area contributed by atoms with E-state index >= 15 is 0 Å². The fourth-order valence-corrected chi connectivity index (χ4v) is 2.57. The number of benzene rings is 1. The summed E-state index contributed by atoms with van der Waals surface area (Å²) in [6.45, 7) is 6.61. The summed E-state index contributed by atoms with van der Waals surface area (Å²) in [6, 6.07) is 8.76. The molecule has 100 valence electrons. The molecule has 0 bridgehead atoms. The lowest BCUT2D eigenvalue weighted by atomic mass is 10.0. The van der Waals surface area contributed by atoms with E-state index in [1.54, 1.807) is 0 Å². The number of hydrogen-bond donors (Lipinski definition) is 1. The average Bonchev–Trinajstić information content (AvgIpc) is 3.16. The number of rotatable bonds is 8. The van der Waals surface area contributed by atoms with Gasteiger partial charge in [-0.2, -0.15) is 0 Å². The van der Waals surface area contributed by atoms with Gasteiger partial charge in [-0.05, 0) is 55.8 Å². The smallest absolute Gasteiger partial charge is 0.0236 e. The Morgan fingerprint density at radius 2 is 1.94 bits per heavy atom. The van der Waals surface area contributed by atoms with Crippen LogP contribution in [0.25, 0.3) is 0 Å². The van der Waals surface area contributed by atoms with Crippen molar-refractivity contribution < 1.29 is 0 Å². The first-order valence-corrected chi connectivity index (χ1v) is 7.32. The summed E-state index contributed by atoms with van der Waals surface area (Å²) in [5.74, 6) is 0.971. The molecule has 2 N–H and O–H groups in total. The van der Waals surface area contributed by atoms with Crippen molar-refractivity contribution >= 4 is 0 Å². The van der Waals surface area contributed by atoms with Crippen molar-refractivity contribution in [2.24, 2.45) is 11.7 Å². The molecule has 1 aromatic carbocycles. The maximum Gasteiger partial charge on any atom is 0.0236 e. The molecule has 1 saturated carbocycles. The highest BCUT2D eigenvalue weighted by molar-refractivity contribution is 5.27. The van der Waals surface area contributed by atoms with Crippen molar-refractivity contribution in [3.05, 3.63) is 35.4 Å². The number of nitrogens with zero attached hydrogens (tertiary/aromatic N) is 1. The van der Waals surface area contributed by atoms with Crippen molar-refractivity contribution in [1.82, 2.24) is 4.90 Å². The summed E-state index contributed by atoms with van der Waals surface area (Å²) in [6.07, 6.45) is 5.11. The third kappa shape index (κ3) is 4.11. The third-order valence-corrected chi connectivity index (χ3v) is 3.68. The Balaban J connectivity index is 1.99. The third-order valence-electron chi connectivity index (χ3n) is 3.68. The van der Waals surface area contributed by atoms with E-state index in [9.17, 15) is 0 Å². The number of nitrogens with two attached hydrogens (primary N) is 1. The highest BCUT2D eigenvalue weighted by atomic mass is 15.1. The summed E-state index contributed by atoms with van der Waals surface area (Å²) in [7, 11) is 0. The fourth-order valence-electron chi connectivity index (χ4n) is 2.57. The summed E-state index contributed by atoms with van der Waals surface area (Å²) in [4.78, 5) is 2.62. The van der Waals surface area contributed by atoms with Gasteiger partial charge in [0.15, 0.2) is 0 Å². The van der Waals surface area contributed by atoms with Crippen LogP contribution in [0, 0.1) is 5.92 Å². The van der Waals surface area contributed by atoms with Crippen LogP contribution in [0.4, 0.5) is 0 Å². The van der Waals surface area contributed by atoms with E-state index in [2.05, 4.69) is 36.1 Å². The van der Waals surface area contributed by atoms with Gasteiger partial charge in [-0.15, -0.1) is 0 Å². The fraction of sp³-hybridized carbons (Fsp3) is 0.625. The Bertz CT molecular complexity index is 358. The van der Waals surface area contributed by atoms with Gasteiger partial charge in [0, 0.05) is 13.1 Å². The molecule has 0 saturated heterocycles. The standard InChI is InChI=1S/C16H26N2/c1-2-11-18(12-14-7-8-14)13-16-6-4-3-5-15(16)9-10-17/h3-6,14H,2,7-13,17H2,1H3. The minimum atomic E-state index is 0.743. The van der Waals surface area contributed by atoms with Crippen LogP contribution >= 0.6 is 0 Å². The molecule has 1 aliphatic rings. The quantitative estimate of drug-likeness (QED) is 0.764. The summed E-state index contributed by atoms with van der Waals surface area (Å²) < 4.78 is 0. The monoisotopic (exact) mass is 246 g/mol. The molecule has 0 spiro atoms. The zero-order valence-electron chi connectivity index (χ0n) is 11.6. The van der Waals surface area contributed by atoms with Gasteiger partial charge < -0.3 is 5.73 Å². The van der Waals surface area contributed by atoms with E-state index in [4.69, 9.17) is 5.73 Å². The first kappa shape index (κ1) is 13.6. The second-order valence-electron chi connectivity index (χ2n) is 5.49. The van der Waals surface area contributed by atoms with Crippen molar-refractivity contribution in [1.29, 1.82) is 0 Å². The van der Waals surface area contributed by atoms with E-state index in [0.29, 0.717) is 0 Å². The first-order chi connectivity index (χ1) is 8.83. The van der Waals surface area contributed by atoms with Crippen molar-refractivity contribution in [3.8, 4) is 0 Å². The Labute approximate surface area is 111 Å². The van der Waals surface area contributed by atoms with Gasteiger partial charge in [0.05, 0.1) is 0 Å². The van der Waals surface area contributed by atoms with Crippen LogP contribution in [0.15, 0.2) is 24.3 Å². The van der Waals surface area contributed by atoms with Gasteiger partial charge in [0.2, 0.25) is 0 Å². The molecule has 2 nitrogen and oxygen atoms in total. The Morgan fingerprint density at radius 1 is 1.22 bits per heavy atom. The number of hydrogen-bond acceptors (Lipinski definition) is 2. The predicted octanol–water partition coefficient (Wildman–Crippen LogP) is 2.81. The van der Waals surface area contributed by atoms with Crippen LogP contribution < -0.4 is 5.73 Å². The Morgan fingerprint density at radius 3 is 2.56 bits per heavy atom. The first-order valence-electron chi connectivity index (χ1n) is 7.32. The molecule has 0 aromatic heterocycles. The van der Waals surface area contributed by atoms with E-state index < -0.39 is 0 Å². The van der Waals surface area contributed by atoms with Crippen molar-refractivity contribution in [2.75, 3.05) is 19.6 Å². The molecule has 2 heteroatoms. The SMILES string of the molecule is CCCN(Cc1ccccc1CCN)CC1CC1. The second-order valence-corrected chi connectivity index (χ2v) is 5.49. The van der Waals surface area contributed by atoms with Crippen LogP contribution in [0.3, 0.4) is 0 Å². The summed E-state index contributed by atoms with van der Waals surface area (Å²) in [5, 5.41) is 0. The minimum absolute atomic E-state index is 0.743. The lowest BCUT2D eigenvalue weighted by Crippen LogP contribution is -2.27. The van der Waals surface area contributed by atoms with Gasteiger partial charge in [-0.3, -0.25) is 4.90 Å². The van der Waals surface area contributed by atoms with E-state index in [0.717, 1.165) is 25.4 Å². The topological polar surface area (TPSA) is 29.3 Å². The normalized spacial score (nSPS) is 15.3. The zero-order valence-corrected chi connectivity index (χ0v) is 11.6. The molecule has 0 atom stereocenters. The summed E-state index contributed by atoms with van der Waals surface area (Å²) in [5.41, 5.74) is 8.59. The highest BCUT2D eigenvalue weighted by Crippen LogP contribution is 2.30. The molecule has 0 heterocycles. The second kappa shape index (κ2) is 6.91. The lowest BCUT2D eigenvalue weighted by molar-refractivity contribution is 0.254. The van der Waals surface area contributed by atoms with E-state index in [-0.39, 0.29) is 0 Å². The predicted molar refractivity (Wildman–Crippen MR) is 77.5 cm³/mol. The molecule has 1 aromatic rings. The van der Waals surface area contributed by atoms with E-state index in [1.165, 1.54) is 43.5 Å². The molecular formula is C16H26N2. The molecule has 0 amide bonds. The lowest BCUT2D eigenvalue weighted by Gasteiger charge is -2.23. The molecule has 0 radical (unpaired) electrons. The van der Waals surface area contributed by atoms with Gasteiger partial charge in [-0.1, -0.05) is 31.2 Å². The molecule has 1 fully saturated rings. The van der Waals surface area contributed by atoms with E-state index in [1.807, 2.05) is 0 Å². The molecule has 0 aliphatic heterocycles. The molecule has 1 aliphatic carbocycles. The summed E-state index contributed by atoms with van der Waals surface area (Å²) >= 11 is 0. The Hall–Kier alpha value is -0.860. The van der Waals surface area contributed by atoms with Crippen LogP contribution in [0.5, 0.6) is 0 Å². The Kier molecular flexibility index (Phi) is 5.21. The maximum absolute atomic E-state index is 5.70. The molecule has 2 rings (SSSR count). The maximum atomic E-state index is 5.70.